The van der Waals surface area contributed by atoms with Crippen molar-refractivity contribution >= 4 is 5.69 Å². The SMILES string of the molecule is COc1ccccc1N1CCN(C[C@H](O)COCc2ccccc2)CC1. The smallest absolute Gasteiger partial charge is 0.142 e. The number of anilines is 1. The molecule has 1 aliphatic rings. The Balaban J connectivity index is 1.39. The first-order valence-corrected chi connectivity index (χ1v) is 9.16. The topological polar surface area (TPSA) is 45.2 Å². The summed E-state index contributed by atoms with van der Waals surface area (Å²) in [5, 5.41) is 10.2. The lowest BCUT2D eigenvalue weighted by atomic mass is 10.2. The molecule has 0 spiro atoms. The van der Waals surface area contributed by atoms with Gasteiger partial charge in [0, 0.05) is 32.7 Å². The Kier molecular flexibility index (Phi) is 6.89. The normalized spacial score (nSPS) is 16.5. The van der Waals surface area contributed by atoms with Gasteiger partial charge in [0.2, 0.25) is 0 Å². The maximum absolute atomic E-state index is 10.2. The van der Waals surface area contributed by atoms with Crippen LogP contribution in [0.5, 0.6) is 5.75 Å². The molecule has 1 saturated heterocycles. The van der Waals surface area contributed by atoms with Gasteiger partial charge < -0.3 is 19.5 Å². The summed E-state index contributed by atoms with van der Waals surface area (Å²) in [4.78, 5) is 4.63. The van der Waals surface area contributed by atoms with Crippen molar-refractivity contribution in [2.45, 2.75) is 12.7 Å². The second-order valence-electron chi connectivity index (χ2n) is 6.61. The molecule has 0 unspecified atom stereocenters. The molecule has 1 N–H and O–H groups in total. The summed E-state index contributed by atoms with van der Waals surface area (Å²) in [5.41, 5.74) is 2.27. The highest BCUT2D eigenvalue weighted by Gasteiger charge is 2.21. The van der Waals surface area contributed by atoms with Gasteiger partial charge in [0.15, 0.2) is 0 Å². The van der Waals surface area contributed by atoms with E-state index in [1.165, 1.54) is 0 Å². The summed E-state index contributed by atoms with van der Waals surface area (Å²) >= 11 is 0. The van der Waals surface area contributed by atoms with Crippen LogP contribution in [0.3, 0.4) is 0 Å². The number of nitrogens with zero attached hydrogens (tertiary/aromatic N) is 2. The van der Waals surface area contributed by atoms with E-state index in [0.29, 0.717) is 19.8 Å². The number of hydrogen-bond donors (Lipinski definition) is 1. The van der Waals surface area contributed by atoms with E-state index in [2.05, 4.69) is 15.9 Å². The van der Waals surface area contributed by atoms with Crippen molar-refractivity contribution < 1.29 is 14.6 Å². The molecule has 140 valence electrons. The molecule has 1 heterocycles. The van der Waals surface area contributed by atoms with Crippen molar-refractivity contribution in [2.75, 3.05) is 51.3 Å². The van der Waals surface area contributed by atoms with Gasteiger partial charge in [-0.25, -0.2) is 0 Å². The number of piperazine rings is 1. The predicted molar refractivity (Wildman–Crippen MR) is 104 cm³/mol. The van der Waals surface area contributed by atoms with Gasteiger partial charge in [0.05, 0.1) is 32.1 Å². The molecule has 1 aliphatic heterocycles. The van der Waals surface area contributed by atoms with Gasteiger partial charge in [-0.2, -0.15) is 0 Å². The van der Waals surface area contributed by atoms with Crippen molar-refractivity contribution in [3.8, 4) is 5.75 Å². The van der Waals surface area contributed by atoms with Crippen LogP contribution in [0.25, 0.3) is 0 Å². The molecule has 2 aromatic carbocycles. The lowest BCUT2D eigenvalue weighted by Gasteiger charge is -2.37. The molecule has 0 aromatic heterocycles. The second kappa shape index (κ2) is 9.57. The van der Waals surface area contributed by atoms with Crippen LogP contribution in [0.15, 0.2) is 54.6 Å². The number of methoxy groups -OCH3 is 1. The Labute approximate surface area is 155 Å². The first kappa shape index (κ1) is 18.7. The first-order chi connectivity index (χ1) is 12.8. The predicted octanol–water partition coefficient (Wildman–Crippen LogP) is 2.39. The molecule has 0 aliphatic carbocycles. The Morgan fingerprint density at radius 1 is 0.962 bits per heavy atom. The lowest BCUT2D eigenvalue weighted by Crippen LogP contribution is -2.49. The fraction of sp³-hybridized carbons (Fsp3) is 0.429. The number of aliphatic hydroxyl groups excluding tert-OH is 1. The summed E-state index contributed by atoms with van der Waals surface area (Å²) in [7, 11) is 1.71. The van der Waals surface area contributed by atoms with Gasteiger partial charge in [0.1, 0.15) is 5.75 Å². The molecular formula is C21H28N2O3. The van der Waals surface area contributed by atoms with Crippen molar-refractivity contribution in [1.29, 1.82) is 0 Å². The number of para-hydroxylation sites is 2. The quantitative estimate of drug-likeness (QED) is 0.787. The fourth-order valence-corrected chi connectivity index (χ4v) is 3.30. The van der Waals surface area contributed by atoms with Gasteiger partial charge >= 0.3 is 0 Å². The minimum atomic E-state index is -0.462. The van der Waals surface area contributed by atoms with Gasteiger partial charge in [0.25, 0.3) is 0 Å². The zero-order chi connectivity index (χ0) is 18.2. The zero-order valence-corrected chi connectivity index (χ0v) is 15.4. The summed E-state index contributed by atoms with van der Waals surface area (Å²) in [6.45, 7) is 5.26. The molecular weight excluding hydrogens is 328 g/mol. The van der Waals surface area contributed by atoms with Crippen LogP contribution in [-0.4, -0.2) is 62.6 Å². The first-order valence-electron chi connectivity index (χ1n) is 9.16. The van der Waals surface area contributed by atoms with Gasteiger partial charge in [-0.1, -0.05) is 42.5 Å². The van der Waals surface area contributed by atoms with E-state index in [-0.39, 0.29) is 0 Å². The highest BCUT2D eigenvalue weighted by atomic mass is 16.5. The molecule has 5 nitrogen and oxygen atoms in total. The molecule has 1 fully saturated rings. The minimum Gasteiger partial charge on any atom is -0.495 e. The van der Waals surface area contributed by atoms with Crippen LogP contribution >= 0.6 is 0 Å². The van der Waals surface area contributed by atoms with E-state index < -0.39 is 6.10 Å². The zero-order valence-electron chi connectivity index (χ0n) is 15.4. The Morgan fingerprint density at radius 3 is 2.38 bits per heavy atom. The van der Waals surface area contributed by atoms with Crippen molar-refractivity contribution in [3.63, 3.8) is 0 Å². The molecule has 0 bridgehead atoms. The lowest BCUT2D eigenvalue weighted by molar-refractivity contribution is 0.00913. The van der Waals surface area contributed by atoms with Crippen LogP contribution in [-0.2, 0) is 11.3 Å². The summed E-state index contributed by atoms with van der Waals surface area (Å²) < 4.78 is 11.1. The second-order valence-corrected chi connectivity index (χ2v) is 6.61. The van der Waals surface area contributed by atoms with E-state index in [9.17, 15) is 5.11 Å². The average molecular weight is 356 g/mol. The maximum Gasteiger partial charge on any atom is 0.142 e. The maximum atomic E-state index is 10.2. The van der Waals surface area contributed by atoms with Crippen LogP contribution < -0.4 is 9.64 Å². The van der Waals surface area contributed by atoms with Crippen molar-refractivity contribution in [3.05, 3.63) is 60.2 Å². The van der Waals surface area contributed by atoms with Crippen molar-refractivity contribution in [1.82, 2.24) is 4.90 Å². The number of rotatable bonds is 8. The third-order valence-corrected chi connectivity index (χ3v) is 4.69. The molecule has 2 aromatic rings. The van der Waals surface area contributed by atoms with E-state index in [4.69, 9.17) is 9.47 Å². The molecule has 0 amide bonds. The molecule has 3 rings (SSSR count). The molecule has 0 radical (unpaired) electrons. The molecule has 26 heavy (non-hydrogen) atoms. The Morgan fingerprint density at radius 2 is 1.65 bits per heavy atom. The van der Waals surface area contributed by atoms with E-state index in [1.54, 1.807) is 7.11 Å². The number of β-amino-alcohol motifs (C(OH)–C–C–N with tert-alkyl or cyclic N) is 1. The summed E-state index contributed by atoms with van der Waals surface area (Å²) in [6.07, 6.45) is -0.462. The van der Waals surface area contributed by atoms with E-state index in [0.717, 1.165) is 43.2 Å². The molecule has 0 saturated carbocycles. The average Bonchev–Trinajstić information content (AvgIpc) is 2.69. The Hall–Kier alpha value is -2.08. The van der Waals surface area contributed by atoms with Gasteiger partial charge in [-0.3, -0.25) is 4.90 Å². The standard InChI is InChI=1S/C21H28N2O3/c1-25-21-10-6-5-9-20(21)23-13-11-22(12-14-23)15-19(24)17-26-16-18-7-3-2-4-8-18/h2-10,19,24H,11-17H2,1H3/t19-/m0/s1. The van der Waals surface area contributed by atoms with Gasteiger partial charge in [-0.15, -0.1) is 0 Å². The van der Waals surface area contributed by atoms with Gasteiger partial charge in [-0.05, 0) is 17.7 Å². The van der Waals surface area contributed by atoms with Crippen LogP contribution in [0, 0.1) is 0 Å². The molecule has 1 atom stereocenters. The highest BCUT2D eigenvalue weighted by molar-refractivity contribution is 5.58. The van der Waals surface area contributed by atoms with Crippen molar-refractivity contribution in [2.24, 2.45) is 0 Å². The fourth-order valence-electron chi connectivity index (χ4n) is 3.30. The largest absolute Gasteiger partial charge is 0.495 e. The third kappa shape index (κ3) is 5.21. The summed E-state index contributed by atoms with van der Waals surface area (Å²) in [6, 6.07) is 18.2. The molecule has 5 heteroatoms. The van der Waals surface area contributed by atoms with E-state index in [1.807, 2.05) is 48.5 Å². The summed E-state index contributed by atoms with van der Waals surface area (Å²) in [5.74, 6) is 0.912. The monoisotopic (exact) mass is 356 g/mol. The van der Waals surface area contributed by atoms with Crippen LogP contribution in [0.1, 0.15) is 5.56 Å². The Bertz CT molecular complexity index is 657. The number of hydrogen-bond acceptors (Lipinski definition) is 5. The number of ether oxygens (including phenoxy) is 2. The number of benzene rings is 2. The minimum absolute atomic E-state index is 0.363. The highest BCUT2D eigenvalue weighted by Crippen LogP contribution is 2.28. The third-order valence-electron chi connectivity index (χ3n) is 4.69. The van der Waals surface area contributed by atoms with Crippen LogP contribution in [0.4, 0.5) is 5.69 Å². The van der Waals surface area contributed by atoms with E-state index >= 15 is 0 Å². The number of aliphatic hydroxyl groups is 1. The van der Waals surface area contributed by atoms with Crippen LogP contribution in [0.2, 0.25) is 0 Å².